The van der Waals surface area contributed by atoms with E-state index in [-0.39, 0.29) is 9.67 Å². The van der Waals surface area contributed by atoms with E-state index in [0.717, 1.165) is 24.6 Å². The molecular formula is C17H17F3INO. The molecule has 0 saturated heterocycles. The molecule has 124 valence electrons. The zero-order valence-corrected chi connectivity index (χ0v) is 14.7. The van der Waals surface area contributed by atoms with Gasteiger partial charge in [0, 0.05) is 9.99 Å². The molecule has 0 fully saturated rings. The fourth-order valence-corrected chi connectivity index (χ4v) is 2.99. The molecular weight excluding hydrogens is 418 g/mol. The summed E-state index contributed by atoms with van der Waals surface area (Å²) in [5.74, 6) is 0.437. The third-order valence-electron chi connectivity index (χ3n) is 3.35. The molecule has 0 spiro atoms. The van der Waals surface area contributed by atoms with Crippen molar-refractivity contribution in [2.45, 2.75) is 18.7 Å². The van der Waals surface area contributed by atoms with E-state index in [1.54, 1.807) is 22.6 Å². The number of nitrogens with one attached hydrogen (secondary N) is 1. The van der Waals surface area contributed by atoms with Crippen LogP contribution in [-0.2, 0) is 6.18 Å². The van der Waals surface area contributed by atoms with Crippen molar-refractivity contribution in [3.8, 4) is 5.75 Å². The standard InChI is InChI=1S/C17H17F3INO/c1-22-10-9-16(12-5-3-2-4-6-12)23-13-7-8-14(15(21)11-13)17(18,19)20/h2-8,11,16,22H,9-10H2,1H3. The lowest BCUT2D eigenvalue weighted by Crippen LogP contribution is -2.16. The molecule has 0 heterocycles. The third-order valence-corrected chi connectivity index (χ3v) is 4.24. The molecule has 0 aliphatic rings. The second-order valence-corrected chi connectivity index (χ2v) is 6.21. The molecule has 0 amide bonds. The van der Waals surface area contributed by atoms with Crippen LogP contribution in [0.3, 0.4) is 0 Å². The van der Waals surface area contributed by atoms with Gasteiger partial charge in [-0.1, -0.05) is 30.3 Å². The summed E-state index contributed by atoms with van der Waals surface area (Å²) in [6.45, 7) is 0.747. The van der Waals surface area contributed by atoms with E-state index in [1.165, 1.54) is 12.1 Å². The predicted octanol–water partition coefficient (Wildman–Crippen LogP) is 5.04. The number of hydrogen-bond donors (Lipinski definition) is 1. The smallest absolute Gasteiger partial charge is 0.417 e. The van der Waals surface area contributed by atoms with E-state index < -0.39 is 11.7 Å². The van der Waals surface area contributed by atoms with Crippen LogP contribution in [0.1, 0.15) is 23.7 Å². The van der Waals surface area contributed by atoms with E-state index in [4.69, 9.17) is 4.74 Å². The summed E-state index contributed by atoms with van der Waals surface area (Å²) in [7, 11) is 1.85. The maximum atomic E-state index is 12.8. The Morgan fingerprint density at radius 1 is 1.13 bits per heavy atom. The molecule has 0 bridgehead atoms. The summed E-state index contributed by atoms with van der Waals surface area (Å²) in [6.07, 6.45) is -3.84. The fourth-order valence-electron chi connectivity index (χ4n) is 2.20. The Balaban J connectivity index is 2.21. The van der Waals surface area contributed by atoms with Gasteiger partial charge in [0.25, 0.3) is 0 Å². The molecule has 23 heavy (non-hydrogen) atoms. The number of benzene rings is 2. The van der Waals surface area contributed by atoms with Crippen molar-refractivity contribution in [1.82, 2.24) is 5.32 Å². The third kappa shape index (κ3) is 5.10. The molecule has 0 aliphatic heterocycles. The van der Waals surface area contributed by atoms with Gasteiger partial charge in [-0.3, -0.25) is 0 Å². The topological polar surface area (TPSA) is 21.3 Å². The molecule has 1 N–H and O–H groups in total. The van der Waals surface area contributed by atoms with Gasteiger partial charge in [0.05, 0.1) is 5.56 Å². The van der Waals surface area contributed by atoms with Crippen LogP contribution >= 0.6 is 22.6 Å². The van der Waals surface area contributed by atoms with Crippen LogP contribution in [0.15, 0.2) is 48.5 Å². The van der Waals surface area contributed by atoms with Crippen molar-refractivity contribution in [1.29, 1.82) is 0 Å². The highest BCUT2D eigenvalue weighted by molar-refractivity contribution is 14.1. The highest BCUT2D eigenvalue weighted by atomic mass is 127. The molecule has 6 heteroatoms. The fraction of sp³-hybridized carbons (Fsp3) is 0.294. The maximum absolute atomic E-state index is 12.8. The molecule has 1 atom stereocenters. The lowest BCUT2D eigenvalue weighted by molar-refractivity contribution is -0.138. The van der Waals surface area contributed by atoms with Gasteiger partial charge in [0.2, 0.25) is 0 Å². The maximum Gasteiger partial charge on any atom is 0.417 e. The zero-order chi connectivity index (χ0) is 16.9. The van der Waals surface area contributed by atoms with E-state index in [2.05, 4.69) is 5.32 Å². The Kier molecular flexibility index (Phi) is 6.29. The van der Waals surface area contributed by atoms with E-state index in [0.29, 0.717) is 5.75 Å². The van der Waals surface area contributed by atoms with Gasteiger partial charge in [-0.2, -0.15) is 13.2 Å². The summed E-state index contributed by atoms with van der Waals surface area (Å²) in [6, 6.07) is 13.5. The molecule has 2 nitrogen and oxygen atoms in total. The highest BCUT2D eigenvalue weighted by Crippen LogP contribution is 2.35. The summed E-state index contributed by atoms with van der Waals surface area (Å²) in [4.78, 5) is 0. The van der Waals surface area contributed by atoms with E-state index in [9.17, 15) is 13.2 Å². The van der Waals surface area contributed by atoms with Gasteiger partial charge < -0.3 is 10.1 Å². The first kappa shape index (κ1) is 18.1. The number of halogens is 4. The lowest BCUT2D eigenvalue weighted by Gasteiger charge is -2.20. The van der Waals surface area contributed by atoms with E-state index in [1.807, 2.05) is 37.4 Å². The Bertz CT molecular complexity index is 631. The minimum Gasteiger partial charge on any atom is -0.486 e. The average Bonchev–Trinajstić information content (AvgIpc) is 2.51. The van der Waals surface area contributed by atoms with Gasteiger partial charge >= 0.3 is 6.18 Å². The normalized spacial score (nSPS) is 12.9. The van der Waals surface area contributed by atoms with Crippen molar-refractivity contribution in [2.24, 2.45) is 0 Å². The minimum absolute atomic E-state index is 0.132. The second kappa shape index (κ2) is 8.01. The number of ether oxygens (including phenoxy) is 1. The second-order valence-electron chi connectivity index (χ2n) is 5.05. The quantitative estimate of drug-likeness (QED) is 0.643. The van der Waals surface area contributed by atoms with Crippen molar-refractivity contribution in [3.05, 3.63) is 63.2 Å². The van der Waals surface area contributed by atoms with Crippen molar-refractivity contribution < 1.29 is 17.9 Å². The van der Waals surface area contributed by atoms with Crippen LogP contribution < -0.4 is 10.1 Å². The Labute approximate surface area is 147 Å². The van der Waals surface area contributed by atoms with Gasteiger partial charge in [-0.25, -0.2) is 0 Å². The largest absolute Gasteiger partial charge is 0.486 e. The SMILES string of the molecule is CNCCC(Oc1ccc(C(F)(F)F)c(I)c1)c1ccccc1. The van der Waals surface area contributed by atoms with Gasteiger partial charge in [0.15, 0.2) is 0 Å². The minimum atomic E-state index is -4.35. The van der Waals surface area contributed by atoms with E-state index >= 15 is 0 Å². The predicted molar refractivity (Wildman–Crippen MR) is 92.5 cm³/mol. The van der Waals surface area contributed by atoms with Crippen molar-refractivity contribution in [3.63, 3.8) is 0 Å². The van der Waals surface area contributed by atoms with Gasteiger partial charge in [0.1, 0.15) is 11.9 Å². The first-order chi connectivity index (χ1) is 10.9. The van der Waals surface area contributed by atoms with Crippen LogP contribution in [0.5, 0.6) is 5.75 Å². The first-order valence-electron chi connectivity index (χ1n) is 7.14. The summed E-state index contributed by atoms with van der Waals surface area (Å²) >= 11 is 1.69. The molecule has 0 aromatic heterocycles. The summed E-state index contributed by atoms with van der Waals surface area (Å²) in [5.41, 5.74) is 0.356. The highest BCUT2D eigenvalue weighted by Gasteiger charge is 2.33. The van der Waals surface area contributed by atoms with Crippen LogP contribution in [0.25, 0.3) is 0 Å². The molecule has 0 saturated carbocycles. The van der Waals surface area contributed by atoms with Crippen LogP contribution in [0, 0.1) is 3.57 Å². The molecule has 0 radical (unpaired) electrons. The van der Waals surface area contributed by atoms with Crippen molar-refractivity contribution in [2.75, 3.05) is 13.6 Å². The van der Waals surface area contributed by atoms with Crippen LogP contribution in [0.2, 0.25) is 0 Å². The van der Waals surface area contributed by atoms with Crippen LogP contribution in [0.4, 0.5) is 13.2 Å². The Morgan fingerprint density at radius 3 is 2.39 bits per heavy atom. The van der Waals surface area contributed by atoms with Gasteiger partial charge in [-0.05, 0) is 59.9 Å². The monoisotopic (exact) mass is 435 g/mol. The number of hydrogen-bond acceptors (Lipinski definition) is 2. The molecule has 1 unspecified atom stereocenters. The molecule has 2 rings (SSSR count). The summed E-state index contributed by atoms with van der Waals surface area (Å²) in [5, 5.41) is 3.06. The van der Waals surface area contributed by atoms with Gasteiger partial charge in [-0.15, -0.1) is 0 Å². The molecule has 2 aromatic rings. The molecule has 0 aliphatic carbocycles. The molecule has 2 aromatic carbocycles. The average molecular weight is 435 g/mol. The number of rotatable bonds is 6. The zero-order valence-electron chi connectivity index (χ0n) is 12.5. The lowest BCUT2D eigenvalue weighted by atomic mass is 10.1. The Morgan fingerprint density at radius 2 is 1.83 bits per heavy atom. The first-order valence-corrected chi connectivity index (χ1v) is 8.22. The number of alkyl halides is 3. The van der Waals surface area contributed by atoms with Crippen molar-refractivity contribution >= 4 is 22.6 Å². The Hall–Kier alpha value is -1.28. The summed E-state index contributed by atoms with van der Waals surface area (Å²) < 4.78 is 44.5. The van der Waals surface area contributed by atoms with Crippen LogP contribution in [-0.4, -0.2) is 13.6 Å².